The van der Waals surface area contributed by atoms with Gasteiger partial charge in [-0.15, -0.1) is 0 Å². The molecule has 0 saturated carbocycles. The van der Waals surface area contributed by atoms with E-state index in [0.717, 1.165) is 25.7 Å². The number of aromatic nitrogens is 2. The largest absolute Gasteiger partial charge is 0.383 e. The number of nitrogen functional groups attached to an aromatic ring is 1. The third-order valence-electron chi connectivity index (χ3n) is 2.89. The van der Waals surface area contributed by atoms with Gasteiger partial charge in [0, 0.05) is 10.4 Å². The minimum absolute atomic E-state index is 0.00408. The second kappa shape index (κ2) is 5.32. The minimum atomic E-state index is -0.00408. The van der Waals surface area contributed by atoms with Gasteiger partial charge in [-0.25, -0.2) is 4.68 Å². The zero-order valence-corrected chi connectivity index (χ0v) is 14.2. The van der Waals surface area contributed by atoms with Crippen LogP contribution < -0.4 is 5.73 Å². The highest BCUT2D eigenvalue weighted by molar-refractivity contribution is 14.1. The highest BCUT2D eigenvalue weighted by Crippen LogP contribution is 2.30. The third-order valence-corrected chi connectivity index (χ3v) is 4.20. The number of benzene rings is 1. The molecule has 2 rings (SSSR count). The van der Waals surface area contributed by atoms with Crippen LogP contribution in [0.5, 0.6) is 0 Å². The molecule has 2 aromatic rings. The van der Waals surface area contributed by atoms with Crippen LogP contribution in [-0.2, 0) is 12.0 Å². The maximum atomic E-state index is 6.14. The maximum absolute atomic E-state index is 6.14. The Balaban J connectivity index is 2.34. The Bertz CT molecular complexity index is 582. The normalized spacial score (nSPS) is 11.8. The number of nitrogens with two attached hydrogens (primary N) is 1. The number of nitrogens with zero attached hydrogens (tertiary/aromatic N) is 2. The molecular formula is C14H17ClIN3. The van der Waals surface area contributed by atoms with Gasteiger partial charge in [-0.3, -0.25) is 0 Å². The number of hydrogen-bond acceptors (Lipinski definition) is 2. The van der Waals surface area contributed by atoms with E-state index in [1.165, 1.54) is 0 Å². The van der Waals surface area contributed by atoms with Gasteiger partial charge in [0.25, 0.3) is 0 Å². The van der Waals surface area contributed by atoms with E-state index in [2.05, 4.69) is 48.5 Å². The van der Waals surface area contributed by atoms with Gasteiger partial charge >= 0.3 is 0 Å². The molecule has 0 aliphatic rings. The van der Waals surface area contributed by atoms with E-state index >= 15 is 0 Å². The lowest BCUT2D eigenvalue weighted by atomic mass is 9.92. The molecule has 0 saturated heterocycles. The Hall–Kier alpha value is -0.750. The zero-order valence-electron chi connectivity index (χ0n) is 11.2. The lowest BCUT2D eigenvalue weighted by molar-refractivity contribution is 0.544. The maximum Gasteiger partial charge on any atom is 0.135 e. The van der Waals surface area contributed by atoms with Crippen molar-refractivity contribution in [3.8, 4) is 0 Å². The van der Waals surface area contributed by atoms with E-state index in [1.54, 1.807) is 0 Å². The van der Waals surface area contributed by atoms with Gasteiger partial charge in [-0.05, 0) is 40.3 Å². The zero-order chi connectivity index (χ0) is 14.2. The molecule has 0 spiro atoms. The van der Waals surface area contributed by atoms with Crippen molar-refractivity contribution >= 4 is 40.0 Å². The summed E-state index contributed by atoms with van der Waals surface area (Å²) in [6.45, 7) is 7.09. The summed E-state index contributed by atoms with van der Waals surface area (Å²) < 4.78 is 2.89. The molecule has 0 fully saturated rings. The molecule has 0 aliphatic heterocycles. The monoisotopic (exact) mass is 389 g/mol. The van der Waals surface area contributed by atoms with E-state index < -0.39 is 0 Å². The smallest absolute Gasteiger partial charge is 0.135 e. The molecule has 0 aliphatic carbocycles. The Morgan fingerprint density at radius 1 is 1.26 bits per heavy atom. The number of anilines is 1. The Morgan fingerprint density at radius 2 is 1.84 bits per heavy atom. The molecule has 0 amide bonds. The van der Waals surface area contributed by atoms with Gasteiger partial charge in [0.05, 0.1) is 15.8 Å². The summed E-state index contributed by atoms with van der Waals surface area (Å²) in [5.74, 6) is 0.723. The molecule has 0 atom stereocenters. The van der Waals surface area contributed by atoms with Gasteiger partial charge in [0.15, 0.2) is 0 Å². The summed E-state index contributed by atoms with van der Waals surface area (Å²) >= 11 is 8.16. The first-order valence-corrected chi connectivity index (χ1v) is 7.51. The number of hydrogen-bond donors (Lipinski definition) is 1. The van der Waals surface area contributed by atoms with E-state index in [4.69, 9.17) is 17.3 Å². The molecule has 1 aromatic carbocycles. The van der Waals surface area contributed by atoms with Crippen molar-refractivity contribution in [2.24, 2.45) is 0 Å². The predicted octanol–water partition coefficient (Wildman–Crippen LogP) is 4.07. The van der Waals surface area contributed by atoms with Gasteiger partial charge in [-0.1, -0.05) is 44.5 Å². The molecule has 0 radical (unpaired) electrons. The van der Waals surface area contributed by atoms with Crippen LogP contribution in [0.4, 0.5) is 5.82 Å². The highest BCUT2D eigenvalue weighted by atomic mass is 127. The first-order valence-electron chi connectivity index (χ1n) is 6.06. The summed E-state index contributed by atoms with van der Waals surface area (Å²) in [6.07, 6.45) is 0. The van der Waals surface area contributed by atoms with Crippen LogP contribution in [0.3, 0.4) is 0 Å². The van der Waals surface area contributed by atoms with Crippen molar-refractivity contribution in [3.05, 3.63) is 44.1 Å². The van der Waals surface area contributed by atoms with Crippen LogP contribution in [0.1, 0.15) is 32.0 Å². The molecule has 1 aromatic heterocycles. The van der Waals surface area contributed by atoms with Gasteiger partial charge < -0.3 is 5.73 Å². The van der Waals surface area contributed by atoms with Crippen LogP contribution >= 0.6 is 34.2 Å². The molecule has 2 N–H and O–H groups in total. The average Bonchev–Trinajstić information content (AvgIpc) is 2.60. The quantitative estimate of drug-likeness (QED) is 0.787. The minimum Gasteiger partial charge on any atom is -0.383 e. The van der Waals surface area contributed by atoms with Gasteiger partial charge in [0.2, 0.25) is 0 Å². The fraction of sp³-hybridized carbons (Fsp3) is 0.357. The summed E-state index contributed by atoms with van der Waals surface area (Å²) in [6, 6.07) is 7.75. The average molecular weight is 390 g/mol. The van der Waals surface area contributed by atoms with Crippen LogP contribution in [0.15, 0.2) is 24.3 Å². The van der Waals surface area contributed by atoms with Crippen molar-refractivity contribution in [2.75, 3.05) is 5.73 Å². The van der Waals surface area contributed by atoms with Gasteiger partial charge in [-0.2, -0.15) is 5.10 Å². The summed E-state index contributed by atoms with van der Waals surface area (Å²) in [5.41, 5.74) is 8.32. The van der Waals surface area contributed by atoms with Crippen LogP contribution in [-0.4, -0.2) is 9.78 Å². The fourth-order valence-corrected chi connectivity index (χ4v) is 3.14. The topological polar surface area (TPSA) is 43.8 Å². The number of halogens is 2. The van der Waals surface area contributed by atoms with Crippen molar-refractivity contribution in [1.29, 1.82) is 0 Å². The van der Waals surface area contributed by atoms with E-state index in [9.17, 15) is 0 Å². The van der Waals surface area contributed by atoms with Crippen LogP contribution in [0, 0.1) is 3.57 Å². The molecule has 1 heterocycles. The van der Waals surface area contributed by atoms with Crippen LogP contribution in [0.2, 0.25) is 5.02 Å². The van der Waals surface area contributed by atoms with E-state index in [-0.39, 0.29) is 5.41 Å². The molecule has 5 heteroatoms. The van der Waals surface area contributed by atoms with Crippen molar-refractivity contribution in [2.45, 2.75) is 32.7 Å². The molecule has 0 unspecified atom stereocenters. The standard InChI is InChI=1S/C14H17ClIN3/c1-14(2,3)12-11(16)13(17)19(18-12)8-9-4-6-10(15)7-5-9/h4-7H,8,17H2,1-3H3. The Morgan fingerprint density at radius 3 is 2.32 bits per heavy atom. The summed E-state index contributed by atoms with van der Waals surface area (Å²) in [5, 5.41) is 5.39. The molecule has 3 nitrogen and oxygen atoms in total. The highest BCUT2D eigenvalue weighted by Gasteiger charge is 2.24. The van der Waals surface area contributed by atoms with E-state index in [0.29, 0.717) is 6.54 Å². The lowest BCUT2D eigenvalue weighted by Crippen LogP contribution is -2.14. The van der Waals surface area contributed by atoms with Crippen molar-refractivity contribution in [1.82, 2.24) is 9.78 Å². The number of rotatable bonds is 2. The van der Waals surface area contributed by atoms with E-state index in [1.807, 2.05) is 28.9 Å². The summed E-state index contributed by atoms with van der Waals surface area (Å²) in [4.78, 5) is 0. The first-order chi connectivity index (χ1) is 8.79. The van der Waals surface area contributed by atoms with Crippen molar-refractivity contribution < 1.29 is 0 Å². The summed E-state index contributed by atoms with van der Waals surface area (Å²) in [7, 11) is 0. The van der Waals surface area contributed by atoms with Gasteiger partial charge in [0.1, 0.15) is 5.82 Å². The molecule has 0 bridgehead atoms. The van der Waals surface area contributed by atoms with Crippen LogP contribution in [0.25, 0.3) is 0 Å². The Labute approximate surface area is 132 Å². The lowest BCUT2D eigenvalue weighted by Gasteiger charge is -2.15. The predicted molar refractivity (Wildman–Crippen MR) is 88.6 cm³/mol. The first kappa shape index (κ1) is 14.7. The second-order valence-corrected chi connectivity index (χ2v) is 7.10. The SMILES string of the molecule is CC(C)(C)c1nn(Cc2ccc(Cl)cc2)c(N)c1I. The second-order valence-electron chi connectivity index (χ2n) is 5.58. The third kappa shape index (κ3) is 3.23. The Kier molecular flexibility index (Phi) is 4.11. The molecule has 19 heavy (non-hydrogen) atoms. The fourth-order valence-electron chi connectivity index (χ4n) is 1.82. The van der Waals surface area contributed by atoms with Crippen molar-refractivity contribution in [3.63, 3.8) is 0 Å². The molecule has 102 valence electrons. The molecular weight excluding hydrogens is 373 g/mol.